The molecule has 1 aliphatic rings. The molecular formula is C16H20N4O2. The van der Waals surface area contributed by atoms with Gasteiger partial charge in [-0.15, -0.1) is 5.10 Å². The van der Waals surface area contributed by atoms with Gasteiger partial charge >= 0.3 is 5.97 Å². The SMILES string of the molecule is Nc1c(C(=O)OC2CCCCC2)nnn1Cc1ccccc1. The molecule has 0 saturated heterocycles. The highest BCUT2D eigenvalue weighted by Crippen LogP contribution is 2.22. The van der Waals surface area contributed by atoms with E-state index in [0.717, 1.165) is 31.2 Å². The van der Waals surface area contributed by atoms with Crippen LogP contribution in [0.3, 0.4) is 0 Å². The van der Waals surface area contributed by atoms with Crippen molar-refractivity contribution in [3.05, 3.63) is 41.6 Å². The molecule has 0 atom stereocenters. The number of carbonyl (C=O) groups excluding carboxylic acids is 1. The molecule has 1 fully saturated rings. The topological polar surface area (TPSA) is 83.0 Å². The Hall–Kier alpha value is -2.37. The maximum absolute atomic E-state index is 12.2. The number of ether oxygens (including phenoxy) is 1. The number of hydrogen-bond acceptors (Lipinski definition) is 5. The lowest BCUT2D eigenvalue weighted by Crippen LogP contribution is -2.22. The lowest BCUT2D eigenvalue weighted by molar-refractivity contribution is 0.0205. The lowest BCUT2D eigenvalue weighted by atomic mass is 9.98. The second-order valence-electron chi connectivity index (χ2n) is 5.63. The fourth-order valence-electron chi connectivity index (χ4n) is 2.73. The molecule has 2 N–H and O–H groups in total. The highest BCUT2D eigenvalue weighted by Gasteiger charge is 2.23. The van der Waals surface area contributed by atoms with Gasteiger partial charge in [-0.2, -0.15) is 0 Å². The van der Waals surface area contributed by atoms with Crippen LogP contribution < -0.4 is 5.73 Å². The molecule has 1 heterocycles. The highest BCUT2D eigenvalue weighted by atomic mass is 16.5. The quantitative estimate of drug-likeness (QED) is 0.877. The number of nitrogen functional groups attached to an aromatic ring is 1. The van der Waals surface area contributed by atoms with Gasteiger partial charge in [-0.3, -0.25) is 0 Å². The summed E-state index contributed by atoms with van der Waals surface area (Å²) in [5.74, 6) is -0.214. The monoisotopic (exact) mass is 300 g/mol. The predicted molar refractivity (Wildman–Crippen MR) is 82.3 cm³/mol. The van der Waals surface area contributed by atoms with Gasteiger partial charge in [-0.1, -0.05) is 42.0 Å². The van der Waals surface area contributed by atoms with Crippen LogP contribution in [0.15, 0.2) is 30.3 Å². The average molecular weight is 300 g/mol. The lowest BCUT2D eigenvalue weighted by Gasteiger charge is -2.21. The van der Waals surface area contributed by atoms with Crippen LogP contribution in [-0.2, 0) is 11.3 Å². The molecule has 1 saturated carbocycles. The van der Waals surface area contributed by atoms with Crippen LogP contribution in [0, 0.1) is 0 Å². The van der Waals surface area contributed by atoms with Gasteiger partial charge in [0.05, 0.1) is 6.54 Å². The van der Waals surface area contributed by atoms with Gasteiger partial charge in [0.15, 0.2) is 5.82 Å². The minimum absolute atomic E-state index is 0.0140. The fraction of sp³-hybridized carbons (Fsp3) is 0.438. The van der Waals surface area contributed by atoms with Crippen molar-refractivity contribution >= 4 is 11.8 Å². The van der Waals surface area contributed by atoms with Crippen LogP contribution in [0.4, 0.5) is 5.82 Å². The van der Waals surface area contributed by atoms with Crippen molar-refractivity contribution in [3.63, 3.8) is 0 Å². The largest absolute Gasteiger partial charge is 0.458 e. The van der Waals surface area contributed by atoms with Crippen molar-refractivity contribution in [3.8, 4) is 0 Å². The standard InChI is InChI=1S/C16H20N4O2/c17-15-14(16(21)22-13-9-5-2-6-10-13)18-19-20(15)11-12-7-3-1-4-8-12/h1,3-4,7-8,13H,2,5-6,9-11,17H2. The molecule has 1 aromatic carbocycles. The van der Waals surface area contributed by atoms with Crippen molar-refractivity contribution in [2.24, 2.45) is 0 Å². The van der Waals surface area contributed by atoms with Crippen molar-refractivity contribution in [2.75, 3.05) is 5.73 Å². The third-order valence-corrected chi connectivity index (χ3v) is 3.97. The first kappa shape index (κ1) is 14.6. The molecule has 22 heavy (non-hydrogen) atoms. The predicted octanol–water partition coefficient (Wildman–Crippen LogP) is 2.40. The van der Waals surface area contributed by atoms with Gasteiger partial charge in [-0.25, -0.2) is 9.48 Å². The second-order valence-corrected chi connectivity index (χ2v) is 5.63. The van der Waals surface area contributed by atoms with E-state index in [1.807, 2.05) is 30.3 Å². The molecule has 6 nitrogen and oxygen atoms in total. The van der Waals surface area contributed by atoms with Gasteiger partial charge in [0.1, 0.15) is 6.10 Å². The van der Waals surface area contributed by atoms with E-state index in [0.29, 0.717) is 6.54 Å². The molecule has 6 heteroatoms. The summed E-state index contributed by atoms with van der Waals surface area (Å²) in [6, 6.07) is 9.78. The molecule has 1 aliphatic carbocycles. The van der Waals surface area contributed by atoms with Crippen LogP contribution in [0.25, 0.3) is 0 Å². The van der Waals surface area contributed by atoms with Crippen molar-refractivity contribution < 1.29 is 9.53 Å². The molecule has 0 spiro atoms. The Bertz CT molecular complexity index is 633. The molecule has 2 aromatic rings. The smallest absolute Gasteiger partial charge is 0.363 e. The van der Waals surface area contributed by atoms with E-state index in [1.165, 1.54) is 11.1 Å². The highest BCUT2D eigenvalue weighted by molar-refractivity contribution is 5.91. The van der Waals surface area contributed by atoms with Gasteiger partial charge < -0.3 is 10.5 Å². The normalized spacial score (nSPS) is 15.6. The van der Waals surface area contributed by atoms with Crippen molar-refractivity contribution in [2.45, 2.75) is 44.8 Å². The van der Waals surface area contributed by atoms with Crippen molar-refractivity contribution in [1.29, 1.82) is 0 Å². The fourth-order valence-corrected chi connectivity index (χ4v) is 2.73. The van der Waals surface area contributed by atoms with E-state index < -0.39 is 5.97 Å². The maximum atomic E-state index is 12.2. The summed E-state index contributed by atoms with van der Waals surface area (Å²) >= 11 is 0. The number of nitrogens with two attached hydrogens (primary N) is 1. The Kier molecular flexibility index (Phi) is 4.37. The van der Waals surface area contributed by atoms with Gasteiger partial charge in [-0.05, 0) is 31.2 Å². The summed E-state index contributed by atoms with van der Waals surface area (Å²) in [6.45, 7) is 0.483. The Morgan fingerprint density at radius 2 is 1.95 bits per heavy atom. The van der Waals surface area contributed by atoms with Gasteiger partial charge in [0.25, 0.3) is 0 Å². The first-order valence-electron chi connectivity index (χ1n) is 7.68. The van der Waals surface area contributed by atoms with Crippen LogP contribution >= 0.6 is 0 Å². The third-order valence-electron chi connectivity index (χ3n) is 3.97. The van der Waals surface area contributed by atoms with Gasteiger partial charge in [0, 0.05) is 0 Å². The van der Waals surface area contributed by atoms with E-state index in [2.05, 4.69) is 10.3 Å². The molecule has 0 radical (unpaired) electrons. The number of nitrogens with zero attached hydrogens (tertiary/aromatic N) is 3. The van der Waals surface area contributed by atoms with E-state index in [1.54, 1.807) is 0 Å². The summed E-state index contributed by atoms with van der Waals surface area (Å²) in [5, 5.41) is 7.86. The number of benzene rings is 1. The Balaban J connectivity index is 1.68. The maximum Gasteiger partial charge on any atom is 0.363 e. The molecule has 0 aliphatic heterocycles. The second kappa shape index (κ2) is 6.60. The van der Waals surface area contributed by atoms with E-state index in [9.17, 15) is 4.79 Å². The number of rotatable bonds is 4. The molecule has 0 unspecified atom stereocenters. The molecule has 1 aromatic heterocycles. The summed E-state index contributed by atoms with van der Waals surface area (Å²) in [5.41, 5.74) is 7.15. The molecule has 3 rings (SSSR count). The summed E-state index contributed by atoms with van der Waals surface area (Å²) in [4.78, 5) is 12.2. The van der Waals surface area contributed by atoms with Crippen molar-refractivity contribution in [1.82, 2.24) is 15.0 Å². The first-order chi connectivity index (χ1) is 10.7. The number of hydrogen-bond donors (Lipinski definition) is 1. The van der Waals surface area contributed by atoms with E-state index in [-0.39, 0.29) is 17.6 Å². The minimum Gasteiger partial charge on any atom is -0.458 e. The Morgan fingerprint density at radius 1 is 1.23 bits per heavy atom. The number of anilines is 1. The summed E-state index contributed by atoms with van der Waals surface area (Å²) in [7, 11) is 0. The van der Waals surface area contributed by atoms with Crippen LogP contribution in [0.1, 0.15) is 48.2 Å². The average Bonchev–Trinajstić information content (AvgIpc) is 2.90. The van der Waals surface area contributed by atoms with Crippen LogP contribution in [0.2, 0.25) is 0 Å². The van der Waals surface area contributed by atoms with E-state index >= 15 is 0 Å². The summed E-state index contributed by atoms with van der Waals surface area (Å²) in [6.07, 6.45) is 5.25. The molecule has 116 valence electrons. The zero-order valence-electron chi connectivity index (χ0n) is 12.4. The molecule has 0 bridgehead atoms. The third kappa shape index (κ3) is 3.27. The minimum atomic E-state index is -0.469. The van der Waals surface area contributed by atoms with Crippen LogP contribution in [0.5, 0.6) is 0 Å². The number of aromatic nitrogens is 3. The Morgan fingerprint density at radius 3 is 2.68 bits per heavy atom. The zero-order valence-corrected chi connectivity index (χ0v) is 12.4. The first-order valence-corrected chi connectivity index (χ1v) is 7.68. The van der Waals surface area contributed by atoms with E-state index in [4.69, 9.17) is 10.5 Å². The molecular weight excluding hydrogens is 280 g/mol. The molecule has 0 amide bonds. The number of esters is 1. The Labute approximate surface area is 129 Å². The van der Waals surface area contributed by atoms with Crippen LogP contribution in [-0.4, -0.2) is 27.1 Å². The summed E-state index contributed by atoms with van der Waals surface area (Å²) < 4.78 is 7.01. The zero-order chi connectivity index (χ0) is 15.4. The number of carbonyl (C=O) groups is 1. The van der Waals surface area contributed by atoms with Gasteiger partial charge in [0.2, 0.25) is 5.69 Å².